The van der Waals surface area contributed by atoms with Gasteiger partial charge in [-0.3, -0.25) is 4.79 Å². The summed E-state index contributed by atoms with van der Waals surface area (Å²) < 4.78 is 5.88. The minimum Gasteiger partial charge on any atom is -0.489 e. The molecule has 0 bridgehead atoms. The highest BCUT2D eigenvalue weighted by Crippen LogP contribution is 2.20. The van der Waals surface area contributed by atoms with Gasteiger partial charge in [0.25, 0.3) is 0 Å². The van der Waals surface area contributed by atoms with E-state index in [4.69, 9.17) is 4.74 Å². The Morgan fingerprint density at radius 1 is 1.08 bits per heavy atom. The summed E-state index contributed by atoms with van der Waals surface area (Å²) in [5, 5.41) is 2.85. The van der Waals surface area contributed by atoms with E-state index in [9.17, 15) is 4.79 Å². The Bertz CT molecular complexity index is 770. The van der Waals surface area contributed by atoms with Gasteiger partial charge in [0, 0.05) is 18.0 Å². The van der Waals surface area contributed by atoms with Crippen molar-refractivity contribution in [3.63, 3.8) is 0 Å². The molecule has 3 aromatic rings. The number of amides is 1. The number of aromatic amines is 1. The van der Waals surface area contributed by atoms with Gasteiger partial charge in [0.2, 0.25) is 5.91 Å². The third-order valence-electron chi connectivity index (χ3n) is 3.57. The van der Waals surface area contributed by atoms with Crippen LogP contribution in [0.2, 0.25) is 0 Å². The van der Waals surface area contributed by atoms with Gasteiger partial charge >= 0.3 is 0 Å². The van der Waals surface area contributed by atoms with Crippen molar-refractivity contribution < 1.29 is 9.53 Å². The summed E-state index contributed by atoms with van der Waals surface area (Å²) in [4.78, 5) is 19.2. The largest absolute Gasteiger partial charge is 0.489 e. The van der Waals surface area contributed by atoms with Crippen molar-refractivity contribution >= 4 is 5.91 Å². The first-order valence-corrected chi connectivity index (χ1v) is 7.81. The predicted molar refractivity (Wildman–Crippen MR) is 91.4 cm³/mol. The molecule has 0 radical (unpaired) electrons. The Morgan fingerprint density at radius 3 is 2.67 bits per heavy atom. The van der Waals surface area contributed by atoms with E-state index in [1.165, 1.54) is 0 Å². The number of rotatable bonds is 7. The molecule has 0 saturated carbocycles. The van der Waals surface area contributed by atoms with Gasteiger partial charge in [0.05, 0.1) is 13.0 Å². The Hall–Kier alpha value is -3.08. The molecule has 24 heavy (non-hydrogen) atoms. The summed E-state index contributed by atoms with van der Waals surface area (Å²) in [7, 11) is 0. The second-order valence-corrected chi connectivity index (χ2v) is 5.37. The fourth-order valence-corrected chi connectivity index (χ4v) is 2.34. The summed E-state index contributed by atoms with van der Waals surface area (Å²) in [6.45, 7) is 0.866. The van der Waals surface area contributed by atoms with Crippen molar-refractivity contribution in [3.8, 4) is 5.75 Å². The number of H-pyrrole nitrogens is 1. The number of carbonyl (C=O) groups is 1. The van der Waals surface area contributed by atoms with Gasteiger partial charge in [-0.1, -0.05) is 48.5 Å². The van der Waals surface area contributed by atoms with Crippen LogP contribution in [0.5, 0.6) is 5.75 Å². The number of aromatic nitrogens is 2. The fraction of sp³-hybridized carbons (Fsp3) is 0.158. The maximum absolute atomic E-state index is 12.1. The third-order valence-corrected chi connectivity index (χ3v) is 3.57. The zero-order valence-corrected chi connectivity index (χ0v) is 13.2. The molecule has 122 valence electrons. The number of nitrogens with one attached hydrogen (secondary N) is 2. The average Bonchev–Trinajstić information content (AvgIpc) is 3.14. The number of imidazole rings is 1. The topological polar surface area (TPSA) is 67.0 Å². The van der Waals surface area contributed by atoms with Crippen molar-refractivity contribution in [1.29, 1.82) is 0 Å². The Balaban J connectivity index is 1.58. The minimum absolute atomic E-state index is 0.0674. The maximum atomic E-state index is 12.1. The van der Waals surface area contributed by atoms with Crippen LogP contribution in [0.15, 0.2) is 67.0 Å². The predicted octanol–water partition coefficient (Wildman–Crippen LogP) is 2.85. The molecule has 5 heteroatoms. The zero-order valence-electron chi connectivity index (χ0n) is 13.2. The van der Waals surface area contributed by atoms with Gasteiger partial charge in [-0.15, -0.1) is 0 Å². The van der Waals surface area contributed by atoms with Crippen LogP contribution in [0.4, 0.5) is 0 Å². The van der Waals surface area contributed by atoms with Crippen LogP contribution in [-0.2, 0) is 24.4 Å². The number of ether oxygens (including phenoxy) is 1. The molecule has 0 fully saturated rings. The highest BCUT2D eigenvalue weighted by molar-refractivity contribution is 5.79. The molecule has 0 aliphatic rings. The van der Waals surface area contributed by atoms with E-state index in [0.29, 0.717) is 13.2 Å². The maximum Gasteiger partial charge on any atom is 0.224 e. The molecule has 5 nitrogen and oxygen atoms in total. The highest BCUT2D eigenvalue weighted by atomic mass is 16.5. The summed E-state index contributed by atoms with van der Waals surface area (Å²) in [6, 6.07) is 17.6. The Morgan fingerprint density at radius 2 is 1.88 bits per heavy atom. The molecule has 1 heterocycles. The zero-order chi connectivity index (χ0) is 16.6. The van der Waals surface area contributed by atoms with Gasteiger partial charge in [0.15, 0.2) is 0 Å². The number of para-hydroxylation sites is 1. The normalized spacial score (nSPS) is 10.3. The van der Waals surface area contributed by atoms with Crippen LogP contribution in [0.3, 0.4) is 0 Å². The van der Waals surface area contributed by atoms with E-state index in [-0.39, 0.29) is 12.3 Å². The van der Waals surface area contributed by atoms with Crippen molar-refractivity contribution in [3.05, 3.63) is 83.9 Å². The van der Waals surface area contributed by atoms with Crippen molar-refractivity contribution in [2.24, 2.45) is 0 Å². The number of hydrogen-bond acceptors (Lipinski definition) is 3. The molecular formula is C19H19N3O2. The molecule has 0 aliphatic carbocycles. The number of benzene rings is 2. The molecule has 0 aliphatic heterocycles. The van der Waals surface area contributed by atoms with Gasteiger partial charge in [-0.25, -0.2) is 4.98 Å². The molecule has 2 aromatic carbocycles. The lowest BCUT2D eigenvalue weighted by atomic mass is 10.1. The van der Waals surface area contributed by atoms with Crippen LogP contribution in [0.1, 0.15) is 17.0 Å². The van der Waals surface area contributed by atoms with E-state index < -0.39 is 0 Å². The fourth-order valence-electron chi connectivity index (χ4n) is 2.34. The lowest BCUT2D eigenvalue weighted by Gasteiger charge is -2.11. The molecule has 0 saturated heterocycles. The first-order chi connectivity index (χ1) is 11.8. The van der Waals surface area contributed by atoms with E-state index in [0.717, 1.165) is 22.7 Å². The number of nitrogens with zero attached hydrogens (tertiary/aromatic N) is 1. The molecule has 2 N–H and O–H groups in total. The molecule has 1 aromatic heterocycles. The quantitative estimate of drug-likeness (QED) is 0.703. The van der Waals surface area contributed by atoms with Crippen molar-refractivity contribution in [1.82, 2.24) is 15.3 Å². The standard InChI is InChI=1S/C19H19N3O2/c23-19(22-13-18-20-10-11-21-18)12-16-8-4-5-9-17(16)24-14-15-6-2-1-3-7-15/h1-11H,12-14H2,(H,20,21)(H,22,23). The highest BCUT2D eigenvalue weighted by Gasteiger charge is 2.09. The average molecular weight is 321 g/mol. The molecule has 1 amide bonds. The van der Waals surface area contributed by atoms with Crippen molar-refractivity contribution in [2.45, 2.75) is 19.6 Å². The van der Waals surface area contributed by atoms with Crippen LogP contribution in [0, 0.1) is 0 Å². The number of hydrogen-bond donors (Lipinski definition) is 2. The van der Waals surface area contributed by atoms with Gasteiger partial charge in [-0.2, -0.15) is 0 Å². The lowest BCUT2D eigenvalue weighted by molar-refractivity contribution is -0.120. The van der Waals surface area contributed by atoms with Crippen LogP contribution in [-0.4, -0.2) is 15.9 Å². The summed E-state index contributed by atoms with van der Waals surface area (Å²) >= 11 is 0. The summed E-state index contributed by atoms with van der Waals surface area (Å²) in [6.07, 6.45) is 3.66. The van der Waals surface area contributed by atoms with Crippen molar-refractivity contribution in [2.75, 3.05) is 0 Å². The van der Waals surface area contributed by atoms with Crippen LogP contribution < -0.4 is 10.1 Å². The van der Waals surface area contributed by atoms with Gasteiger partial charge < -0.3 is 15.0 Å². The van der Waals surface area contributed by atoms with E-state index in [2.05, 4.69) is 15.3 Å². The molecular weight excluding hydrogens is 302 g/mol. The van der Waals surface area contributed by atoms with Gasteiger partial charge in [0.1, 0.15) is 18.2 Å². The second-order valence-electron chi connectivity index (χ2n) is 5.37. The minimum atomic E-state index is -0.0674. The lowest BCUT2D eigenvalue weighted by Crippen LogP contribution is -2.25. The first-order valence-electron chi connectivity index (χ1n) is 7.81. The number of carbonyl (C=O) groups excluding carboxylic acids is 1. The van der Waals surface area contributed by atoms with E-state index in [1.807, 2.05) is 54.6 Å². The first kappa shape index (κ1) is 15.8. The smallest absolute Gasteiger partial charge is 0.224 e. The Kier molecular flexibility index (Phi) is 5.24. The summed E-state index contributed by atoms with van der Waals surface area (Å²) in [5.74, 6) is 1.40. The molecule has 3 rings (SSSR count). The van der Waals surface area contributed by atoms with Gasteiger partial charge in [-0.05, 0) is 11.6 Å². The Labute approximate surface area is 140 Å². The second kappa shape index (κ2) is 7.97. The molecule has 0 atom stereocenters. The molecule has 0 spiro atoms. The third kappa shape index (κ3) is 4.46. The van der Waals surface area contributed by atoms with Crippen LogP contribution >= 0.6 is 0 Å². The van der Waals surface area contributed by atoms with E-state index in [1.54, 1.807) is 12.4 Å². The van der Waals surface area contributed by atoms with Crippen LogP contribution in [0.25, 0.3) is 0 Å². The monoisotopic (exact) mass is 321 g/mol. The molecule has 0 unspecified atom stereocenters. The summed E-state index contributed by atoms with van der Waals surface area (Å²) in [5.41, 5.74) is 1.96. The van der Waals surface area contributed by atoms with E-state index >= 15 is 0 Å². The SMILES string of the molecule is O=C(Cc1ccccc1OCc1ccccc1)NCc1ncc[nH]1.